The fraction of sp³-hybridized carbons (Fsp3) is 0.222. The average molecular weight is 773 g/mol. The molecule has 0 aliphatic rings. The number of fused-ring (bicyclic) bond motifs is 3. The fourth-order valence-corrected chi connectivity index (χ4v) is 7.19. The first kappa shape index (κ1) is 24.4. The van der Waals surface area contributed by atoms with Gasteiger partial charge in [-0.3, -0.25) is 0 Å². The SMILES string of the molecule is CC(C)c1ccnc(-c2[c-]ccc3c2sc2c(F)cccc23)c1.[2H]C([2H])([2H])c1c[c-]c(-c2cc(C([2H])([2H])[2H])c([Si](C)(C)C)cn2)cc1.[Ir]. The second-order valence-corrected chi connectivity index (χ2v) is 17.4. The Hall–Kier alpha value is -3.02. The summed E-state index contributed by atoms with van der Waals surface area (Å²) in [7, 11) is -1.85. The number of halogens is 1. The van der Waals surface area contributed by atoms with Crippen LogP contribution in [0.4, 0.5) is 4.39 Å². The topological polar surface area (TPSA) is 25.8 Å². The zero-order valence-corrected chi connectivity index (χ0v) is 28.3. The van der Waals surface area contributed by atoms with Gasteiger partial charge in [0.15, 0.2) is 0 Å². The third kappa shape index (κ3) is 6.79. The van der Waals surface area contributed by atoms with Crippen molar-refractivity contribution in [2.45, 2.75) is 53.1 Å². The number of pyridine rings is 2. The van der Waals surface area contributed by atoms with Gasteiger partial charge in [0.1, 0.15) is 5.82 Å². The molecule has 6 heteroatoms. The zero-order chi connectivity index (χ0) is 34.3. The van der Waals surface area contributed by atoms with Crippen LogP contribution in [0.15, 0.2) is 79.1 Å². The van der Waals surface area contributed by atoms with E-state index in [1.54, 1.807) is 24.4 Å². The van der Waals surface area contributed by atoms with Crippen LogP contribution in [0.2, 0.25) is 19.6 Å². The predicted octanol–water partition coefficient (Wildman–Crippen LogP) is 9.89. The van der Waals surface area contributed by atoms with E-state index in [9.17, 15) is 4.39 Å². The molecule has 42 heavy (non-hydrogen) atoms. The maximum Gasteiger partial charge on any atom is 0.140 e. The molecule has 6 rings (SSSR count). The molecule has 0 aliphatic heterocycles. The number of hydrogen-bond donors (Lipinski definition) is 0. The standard InChI is InChI=1S/C20H15FNS.C16H20NSi.Ir/c1-12(2)13-9-10-22-18(11-13)16-7-3-5-14-15-6-4-8-17(21)20(15)23-19(14)16;1-12-6-8-14(9-7-12)15-10-13(2)16(11-17-15)18(3,4)5;/h3-6,8-12H,1-2H3;6-8,10-11H,1-5H3;/q2*-1;/i;1D3,2D3;. The van der Waals surface area contributed by atoms with Crippen LogP contribution in [-0.2, 0) is 20.1 Å². The molecule has 6 aromatic rings. The van der Waals surface area contributed by atoms with Crippen molar-refractivity contribution in [1.29, 1.82) is 0 Å². The third-order valence-corrected chi connectivity index (χ3v) is 10.2. The largest absolute Gasteiger partial charge is 0.305 e. The first-order valence-electron chi connectivity index (χ1n) is 16.5. The molecule has 3 heterocycles. The molecule has 1 radical (unpaired) electrons. The van der Waals surface area contributed by atoms with E-state index in [0.717, 1.165) is 31.9 Å². The van der Waals surface area contributed by atoms with Crippen molar-refractivity contribution in [1.82, 2.24) is 9.97 Å². The van der Waals surface area contributed by atoms with Crippen LogP contribution < -0.4 is 5.19 Å². The van der Waals surface area contributed by atoms with Gasteiger partial charge < -0.3 is 9.97 Å². The zero-order valence-electron chi connectivity index (χ0n) is 30.1. The normalized spacial score (nSPS) is 14.1. The number of thiophene rings is 1. The maximum absolute atomic E-state index is 14.1. The van der Waals surface area contributed by atoms with Crippen molar-refractivity contribution in [3.63, 3.8) is 0 Å². The van der Waals surface area contributed by atoms with Gasteiger partial charge in [0, 0.05) is 40.7 Å². The summed E-state index contributed by atoms with van der Waals surface area (Å²) < 4.78 is 61.5. The van der Waals surface area contributed by atoms with Crippen LogP contribution in [0.1, 0.15) is 44.7 Å². The van der Waals surface area contributed by atoms with Gasteiger partial charge in [-0.05, 0) is 51.6 Å². The van der Waals surface area contributed by atoms with Crippen LogP contribution in [-0.4, -0.2) is 18.0 Å². The van der Waals surface area contributed by atoms with E-state index in [2.05, 4.69) is 61.7 Å². The van der Waals surface area contributed by atoms with Crippen LogP contribution >= 0.6 is 11.3 Å². The second kappa shape index (κ2) is 13.1. The molecule has 0 spiro atoms. The Kier molecular flexibility index (Phi) is 7.61. The van der Waals surface area contributed by atoms with E-state index >= 15 is 0 Å². The van der Waals surface area contributed by atoms with Crippen LogP contribution in [0.3, 0.4) is 0 Å². The molecular weight excluding hydrogens is 732 g/mol. The van der Waals surface area contributed by atoms with Gasteiger partial charge in [-0.25, -0.2) is 4.39 Å². The minimum absolute atomic E-state index is 0. The van der Waals surface area contributed by atoms with Crippen LogP contribution in [0.25, 0.3) is 42.7 Å². The van der Waals surface area contributed by atoms with Crippen molar-refractivity contribution < 1.29 is 32.7 Å². The molecule has 0 saturated heterocycles. The summed E-state index contributed by atoms with van der Waals surface area (Å²) in [6, 6.07) is 25.6. The summed E-state index contributed by atoms with van der Waals surface area (Å²) in [5, 5.41) is 2.83. The number of aryl methyl sites for hydroxylation is 2. The number of aromatic nitrogens is 2. The summed E-state index contributed by atoms with van der Waals surface area (Å²) in [6.45, 7) is 6.17. The molecule has 0 unspecified atom stereocenters. The van der Waals surface area contributed by atoms with Gasteiger partial charge in [0.2, 0.25) is 0 Å². The predicted molar refractivity (Wildman–Crippen MR) is 176 cm³/mol. The molecule has 0 bridgehead atoms. The number of hydrogen-bond acceptors (Lipinski definition) is 3. The van der Waals surface area contributed by atoms with E-state index in [1.807, 2.05) is 30.5 Å². The molecule has 0 saturated carbocycles. The van der Waals surface area contributed by atoms with E-state index < -0.39 is 21.8 Å². The maximum atomic E-state index is 14.1. The Bertz CT molecular complexity index is 2050. The summed E-state index contributed by atoms with van der Waals surface area (Å²) in [5.74, 6) is 0.273. The number of nitrogens with zero attached hydrogens (tertiary/aromatic N) is 2. The molecule has 0 aliphatic carbocycles. The van der Waals surface area contributed by atoms with Crippen LogP contribution in [0, 0.1) is 31.7 Å². The Morgan fingerprint density at radius 2 is 1.71 bits per heavy atom. The van der Waals surface area contributed by atoms with Gasteiger partial charge in [0.05, 0.1) is 12.8 Å². The van der Waals surface area contributed by atoms with Crippen molar-refractivity contribution in [2.75, 3.05) is 0 Å². The Labute approximate surface area is 275 Å². The molecule has 0 fully saturated rings. The smallest absolute Gasteiger partial charge is 0.140 e. The summed E-state index contributed by atoms with van der Waals surface area (Å²) in [4.78, 5) is 8.91. The Morgan fingerprint density at radius 3 is 2.40 bits per heavy atom. The van der Waals surface area contributed by atoms with Crippen LogP contribution in [0.5, 0.6) is 0 Å². The van der Waals surface area contributed by atoms with E-state index in [4.69, 9.17) is 8.22 Å². The van der Waals surface area contributed by atoms with E-state index in [-0.39, 0.29) is 31.5 Å². The van der Waals surface area contributed by atoms with Gasteiger partial charge in [-0.1, -0.05) is 81.1 Å². The monoisotopic (exact) mass is 773 g/mol. The molecule has 0 amide bonds. The van der Waals surface area contributed by atoms with Gasteiger partial charge in [0.25, 0.3) is 0 Å². The summed E-state index contributed by atoms with van der Waals surface area (Å²) >= 11 is 1.48. The fourth-order valence-electron chi connectivity index (χ4n) is 4.65. The average Bonchev–Trinajstić information content (AvgIpc) is 3.40. The Morgan fingerprint density at radius 1 is 0.905 bits per heavy atom. The molecule has 3 aromatic heterocycles. The molecular formula is C36H35FIrN2SSi-2. The molecule has 3 aromatic carbocycles. The summed E-state index contributed by atoms with van der Waals surface area (Å²) in [5.41, 5.74) is 4.67. The first-order chi connectivity index (χ1) is 21.9. The summed E-state index contributed by atoms with van der Waals surface area (Å²) in [6.07, 6.45) is 3.49. The minimum atomic E-state index is -2.22. The van der Waals surface area contributed by atoms with Gasteiger partial charge in [-0.2, -0.15) is 11.3 Å². The third-order valence-electron chi connectivity index (χ3n) is 6.92. The van der Waals surface area contributed by atoms with Gasteiger partial charge in [-0.15, -0.1) is 59.2 Å². The number of benzene rings is 3. The first-order valence-corrected chi connectivity index (χ1v) is 17.8. The Balaban J connectivity index is 0.000000212. The quantitative estimate of drug-likeness (QED) is 0.132. The molecule has 217 valence electrons. The molecule has 2 nitrogen and oxygen atoms in total. The van der Waals surface area contributed by atoms with Crippen molar-refractivity contribution in [2.24, 2.45) is 0 Å². The second-order valence-electron chi connectivity index (χ2n) is 11.3. The van der Waals surface area contributed by atoms with Crippen molar-refractivity contribution in [3.05, 3.63) is 114 Å². The van der Waals surface area contributed by atoms with Crippen molar-refractivity contribution >= 4 is 44.8 Å². The van der Waals surface area contributed by atoms with E-state index in [0.29, 0.717) is 27.4 Å². The molecule has 0 N–H and O–H groups in total. The minimum Gasteiger partial charge on any atom is -0.305 e. The van der Waals surface area contributed by atoms with E-state index in [1.165, 1.54) is 35.1 Å². The molecule has 0 atom stereocenters. The van der Waals surface area contributed by atoms with Gasteiger partial charge >= 0.3 is 0 Å². The van der Waals surface area contributed by atoms with Crippen molar-refractivity contribution in [3.8, 4) is 22.5 Å². The number of rotatable bonds is 4.